The lowest BCUT2D eigenvalue weighted by Gasteiger charge is -2.20. The molecule has 1 fully saturated rings. The van der Waals surface area contributed by atoms with Crippen LogP contribution in [0.5, 0.6) is 0 Å². The Morgan fingerprint density at radius 3 is 2.90 bits per heavy atom. The van der Waals surface area contributed by atoms with Crippen molar-refractivity contribution in [1.82, 2.24) is 14.6 Å². The summed E-state index contributed by atoms with van der Waals surface area (Å²) >= 11 is 3.21. The van der Waals surface area contributed by atoms with E-state index in [-0.39, 0.29) is 10.7 Å². The van der Waals surface area contributed by atoms with Gasteiger partial charge in [0.1, 0.15) is 10.7 Å². The van der Waals surface area contributed by atoms with Crippen LogP contribution in [0.2, 0.25) is 0 Å². The number of aromatic nitrogens is 1. The molecule has 1 aliphatic heterocycles. The van der Waals surface area contributed by atoms with Crippen LogP contribution < -0.4 is 10.5 Å². The molecule has 1 unspecified atom stereocenters. The van der Waals surface area contributed by atoms with Gasteiger partial charge in [0.05, 0.1) is 0 Å². The summed E-state index contributed by atoms with van der Waals surface area (Å²) in [4.78, 5) is 6.24. The van der Waals surface area contributed by atoms with E-state index in [4.69, 9.17) is 5.73 Å². The number of rotatable bonds is 5. The summed E-state index contributed by atoms with van der Waals surface area (Å²) < 4.78 is 27.9. The van der Waals surface area contributed by atoms with Crippen LogP contribution in [0.15, 0.2) is 21.6 Å². The third kappa shape index (κ3) is 4.15. The van der Waals surface area contributed by atoms with Gasteiger partial charge in [-0.05, 0) is 54.7 Å². The number of sulfonamides is 1. The van der Waals surface area contributed by atoms with E-state index < -0.39 is 10.0 Å². The van der Waals surface area contributed by atoms with Crippen LogP contribution in [0.25, 0.3) is 0 Å². The molecule has 118 valence electrons. The van der Waals surface area contributed by atoms with Crippen molar-refractivity contribution in [3.05, 3.63) is 16.7 Å². The number of likely N-dealkylation sites (tertiary alicyclic amines) is 1. The van der Waals surface area contributed by atoms with Crippen LogP contribution in [-0.4, -0.2) is 44.0 Å². The predicted octanol–water partition coefficient (Wildman–Crippen LogP) is 1.43. The zero-order valence-corrected chi connectivity index (χ0v) is 14.6. The minimum atomic E-state index is -3.62. The van der Waals surface area contributed by atoms with E-state index in [9.17, 15) is 8.42 Å². The average Bonchev–Trinajstić information content (AvgIpc) is 2.88. The lowest BCUT2D eigenvalue weighted by Crippen LogP contribution is -2.33. The van der Waals surface area contributed by atoms with Gasteiger partial charge < -0.3 is 10.6 Å². The minimum Gasteiger partial charge on any atom is -0.383 e. The Bertz CT molecular complexity index is 606. The van der Waals surface area contributed by atoms with Crippen molar-refractivity contribution in [3.63, 3.8) is 0 Å². The third-order valence-electron chi connectivity index (χ3n) is 3.75. The van der Waals surface area contributed by atoms with Crippen molar-refractivity contribution in [2.45, 2.75) is 31.2 Å². The fraction of sp³-hybridized carbons (Fsp3) is 0.615. The molecule has 1 aromatic rings. The molecule has 0 aromatic carbocycles. The molecule has 3 N–H and O–H groups in total. The number of nitrogens with one attached hydrogen (secondary N) is 1. The van der Waals surface area contributed by atoms with Crippen molar-refractivity contribution in [1.29, 1.82) is 0 Å². The van der Waals surface area contributed by atoms with Crippen molar-refractivity contribution >= 4 is 31.8 Å². The standard InChI is InChI=1S/C13H21BrN4O2S/c1-9(2)18-4-3-10(8-18)6-17-21(19,20)12-5-11(14)7-16-13(12)15/h5,7,9-10,17H,3-4,6,8H2,1-2H3,(H2,15,16). The maximum atomic E-state index is 12.3. The molecule has 21 heavy (non-hydrogen) atoms. The van der Waals surface area contributed by atoms with Crippen molar-refractivity contribution in [2.75, 3.05) is 25.4 Å². The Labute approximate surface area is 134 Å². The normalized spacial score (nSPS) is 20.3. The van der Waals surface area contributed by atoms with Gasteiger partial charge in [-0.25, -0.2) is 18.1 Å². The summed E-state index contributed by atoms with van der Waals surface area (Å²) in [7, 11) is -3.62. The van der Waals surface area contributed by atoms with Crippen LogP contribution in [0.4, 0.5) is 5.82 Å². The second kappa shape index (κ2) is 6.60. The fourth-order valence-electron chi connectivity index (χ4n) is 2.45. The largest absolute Gasteiger partial charge is 0.383 e. The van der Waals surface area contributed by atoms with E-state index in [1.54, 1.807) is 0 Å². The van der Waals surface area contributed by atoms with Crippen LogP contribution in [0.3, 0.4) is 0 Å². The number of halogens is 1. The maximum absolute atomic E-state index is 12.3. The maximum Gasteiger partial charge on any atom is 0.244 e. The SMILES string of the molecule is CC(C)N1CCC(CNS(=O)(=O)c2cc(Br)cnc2N)C1. The highest BCUT2D eigenvalue weighted by Gasteiger charge is 2.26. The molecule has 2 heterocycles. The van der Waals surface area contributed by atoms with Crippen molar-refractivity contribution in [2.24, 2.45) is 5.92 Å². The Hall–Kier alpha value is -0.700. The van der Waals surface area contributed by atoms with Gasteiger partial charge in [-0.3, -0.25) is 0 Å². The Kier molecular flexibility index (Phi) is 5.24. The number of pyridine rings is 1. The highest BCUT2D eigenvalue weighted by molar-refractivity contribution is 9.10. The van der Waals surface area contributed by atoms with E-state index in [1.807, 2.05) is 0 Å². The summed E-state index contributed by atoms with van der Waals surface area (Å²) in [6.45, 7) is 6.68. The van der Waals surface area contributed by atoms with E-state index in [0.717, 1.165) is 19.5 Å². The summed E-state index contributed by atoms with van der Waals surface area (Å²) in [5, 5.41) is 0. The molecule has 2 rings (SSSR count). The van der Waals surface area contributed by atoms with Gasteiger partial charge in [0, 0.05) is 29.8 Å². The highest BCUT2D eigenvalue weighted by Crippen LogP contribution is 2.22. The molecule has 1 atom stereocenters. The first-order chi connectivity index (χ1) is 9.79. The van der Waals surface area contributed by atoms with Crippen LogP contribution in [0, 0.1) is 5.92 Å². The highest BCUT2D eigenvalue weighted by atomic mass is 79.9. The average molecular weight is 377 g/mol. The van der Waals surface area contributed by atoms with E-state index >= 15 is 0 Å². The molecule has 0 spiro atoms. The zero-order chi connectivity index (χ0) is 15.6. The monoisotopic (exact) mass is 376 g/mol. The number of anilines is 1. The first-order valence-corrected chi connectivity index (χ1v) is 9.22. The minimum absolute atomic E-state index is 0.0147. The molecular formula is C13H21BrN4O2S. The Morgan fingerprint density at radius 2 is 2.29 bits per heavy atom. The van der Waals surface area contributed by atoms with Crippen molar-refractivity contribution in [3.8, 4) is 0 Å². The summed E-state index contributed by atoms with van der Waals surface area (Å²) in [5.74, 6) is 0.351. The molecule has 0 bridgehead atoms. The molecule has 8 heteroatoms. The van der Waals surface area contributed by atoms with Crippen LogP contribution >= 0.6 is 15.9 Å². The Morgan fingerprint density at radius 1 is 1.57 bits per heavy atom. The molecular weight excluding hydrogens is 356 g/mol. The second-order valence-corrected chi connectivity index (χ2v) is 8.28. The van der Waals surface area contributed by atoms with Gasteiger partial charge in [0.25, 0.3) is 0 Å². The Balaban J connectivity index is 2.01. The topological polar surface area (TPSA) is 88.3 Å². The van der Waals surface area contributed by atoms with E-state index in [0.29, 0.717) is 23.0 Å². The lowest BCUT2D eigenvalue weighted by molar-refractivity contribution is 0.265. The van der Waals surface area contributed by atoms with Gasteiger partial charge in [-0.2, -0.15) is 0 Å². The fourth-order valence-corrected chi connectivity index (χ4v) is 4.15. The predicted molar refractivity (Wildman–Crippen MR) is 86.4 cm³/mol. The first-order valence-electron chi connectivity index (χ1n) is 6.94. The molecule has 0 radical (unpaired) electrons. The zero-order valence-electron chi connectivity index (χ0n) is 12.2. The van der Waals surface area contributed by atoms with Gasteiger partial charge in [-0.15, -0.1) is 0 Å². The van der Waals surface area contributed by atoms with Gasteiger partial charge in [-0.1, -0.05) is 0 Å². The molecule has 1 aliphatic rings. The van der Waals surface area contributed by atoms with E-state index in [1.165, 1.54) is 12.3 Å². The third-order valence-corrected chi connectivity index (χ3v) is 5.63. The summed E-state index contributed by atoms with van der Waals surface area (Å²) in [6.07, 6.45) is 2.48. The smallest absolute Gasteiger partial charge is 0.244 e. The summed E-state index contributed by atoms with van der Waals surface area (Å²) in [6, 6.07) is 1.97. The van der Waals surface area contributed by atoms with Crippen LogP contribution in [-0.2, 0) is 10.0 Å². The van der Waals surface area contributed by atoms with Gasteiger partial charge >= 0.3 is 0 Å². The molecule has 0 amide bonds. The molecule has 0 saturated carbocycles. The second-order valence-electron chi connectivity index (χ2n) is 5.63. The van der Waals surface area contributed by atoms with Gasteiger partial charge in [0.2, 0.25) is 10.0 Å². The number of hydrogen-bond acceptors (Lipinski definition) is 5. The number of nitrogens with zero attached hydrogens (tertiary/aromatic N) is 2. The molecule has 6 nitrogen and oxygen atoms in total. The number of nitrogen functional groups attached to an aromatic ring is 1. The molecule has 1 aromatic heterocycles. The number of hydrogen-bond donors (Lipinski definition) is 2. The number of nitrogens with two attached hydrogens (primary N) is 1. The first kappa shape index (κ1) is 16.7. The summed E-state index contributed by atoms with van der Waals surface area (Å²) in [5.41, 5.74) is 5.66. The van der Waals surface area contributed by atoms with E-state index in [2.05, 4.69) is 44.4 Å². The quantitative estimate of drug-likeness (QED) is 0.811. The lowest BCUT2D eigenvalue weighted by atomic mass is 10.1. The van der Waals surface area contributed by atoms with Crippen molar-refractivity contribution < 1.29 is 8.42 Å². The molecule has 1 saturated heterocycles. The van der Waals surface area contributed by atoms with Gasteiger partial charge in [0.15, 0.2) is 0 Å². The van der Waals surface area contributed by atoms with Crippen LogP contribution in [0.1, 0.15) is 20.3 Å². The molecule has 0 aliphatic carbocycles.